The summed E-state index contributed by atoms with van der Waals surface area (Å²) in [7, 11) is 0. The average molecular weight is 260 g/mol. The third-order valence-electron chi connectivity index (χ3n) is 4.57. The Morgan fingerprint density at radius 1 is 1.21 bits per heavy atom. The SMILES string of the molecule is CCCC1(CCCC2COC2)OCc2ccccc21. The van der Waals surface area contributed by atoms with Gasteiger partial charge >= 0.3 is 0 Å². The van der Waals surface area contributed by atoms with Crippen molar-refractivity contribution in [3.05, 3.63) is 35.4 Å². The number of rotatable bonds is 6. The number of ether oxygens (including phenoxy) is 2. The van der Waals surface area contributed by atoms with Crippen molar-refractivity contribution in [2.75, 3.05) is 13.2 Å². The van der Waals surface area contributed by atoms with E-state index in [4.69, 9.17) is 9.47 Å². The molecule has 2 heterocycles. The van der Waals surface area contributed by atoms with Gasteiger partial charge in [-0.05, 0) is 36.8 Å². The van der Waals surface area contributed by atoms with Crippen molar-refractivity contribution in [3.63, 3.8) is 0 Å². The second kappa shape index (κ2) is 5.64. The van der Waals surface area contributed by atoms with Gasteiger partial charge in [-0.15, -0.1) is 0 Å². The van der Waals surface area contributed by atoms with E-state index in [0.717, 1.165) is 38.6 Å². The average Bonchev–Trinajstić information content (AvgIpc) is 2.73. The Morgan fingerprint density at radius 2 is 2.05 bits per heavy atom. The van der Waals surface area contributed by atoms with Crippen molar-refractivity contribution < 1.29 is 9.47 Å². The molecule has 0 aromatic heterocycles. The zero-order chi connectivity index (χ0) is 13.1. The molecule has 0 N–H and O–H groups in total. The molecule has 2 aliphatic rings. The standard InChI is InChI=1S/C17H24O2/c1-2-9-17(10-5-6-14-11-18-12-14)16-8-4-3-7-15(16)13-19-17/h3-4,7-8,14H,2,5-6,9-13H2,1H3. The fraction of sp³-hybridized carbons (Fsp3) is 0.647. The van der Waals surface area contributed by atoms with Crippen molar-refractivity contribution in [1.82, 2.24) is 0 Å². The van der Waals surface area contributed by atoms with E-state index in [0.29, 0.717) is 0 Å². The van der Waals surface area contributed by atoms with E-state index in [1.165, 1.54) is 30.4 Å². The second-order valence-electron chi connectivity index (χ2n) is 5.99. The highest BCUT2D eigenvalue weighted by Crippen LogP contribution is 2.44. The highest BCUT2D eigenvalue weighted by atomic mass is 16.5. The highest BCUT2D eigenvalue weighted by Gasteiger charge is 2.38. The van der Waals surface area contributed by atoms with E-state index in [1.54, 1.807) is 0 Å². The maximum atomic E-state index is 6.25. The molecule has 0 bridgehead atoms. The van der Waals surface area contributed by atoms with Crippen LogP contribution in [0, 0.1) is 5.92 Å². The summed E-state index contributed by atoms with van der Waals surface area (Å²) in [4.78, 5) is 0. The maximum Gasteiger partial charge on any atom is 0.0939 e. The molecule has 1 aromatic rings. The van der Waals surface area contributed by atoms with Gasteiger partial charge in [-0.2, -0.15) is 0 Å². The van der Waals surface area contributed by atoms with Crippen LogP contribution >= 0.6 is 0 Å². The number of fused-ring (bicyclic) bond motifs is 1. The van der Waals surface area contributed by atoms with Gasteiger partial charge in [0.15, 0.2) is 0 Å². The summed E-state index contributed by atoms with van der Waals surface area (Å²) < 4.78 is 11.5. The molecular weight excluding hydrogens is 236 g/mol. The van der Waals surface area contributed by atoms with Crippen molar-refractivity contribution in [3.8, 4) is 0 Å². The third-order valence-corrected chi connectivity index (χ3v) is 4.57. The zero-order valence-corrected chi connectivity index (χ0v) is 11.9. The van der Waals surface area contributed by atoms with Crippen LogP contribution in [0.15, 0.2) is 24.3 Å². The Labute approximate surface area is 116 Å². The molecule has 19 heavy (non-hydrogen) atoms. The third kappa shape index (κ3) is 2.56. The molecule has 3 rings (SSSR count). The monoisotopic (exact) mass is 260 g/mol. The Kier molecular flexibility index (Phi) is 3.90. The molecule has 1 unspecified atom stereocenters. The maximum absolute atomic E-state index is 6.25. The minimum absolute atomic E-state index is 0.00402. The van der Waals surface area contributed by atoms with Gasteiger partial charge in [-0.3, -0.25) is 0 Å². The van der Waals surface area contributed by atoms with Crippen LogP contribution in [-0.4, -0.2) is 13.2 Å². The van der Waals surface area contributed by atoms with Crippen LogP contribution in [-0.2, 0) is 21.7 Å². The first-order valence-electron chi connectivity index (χ1n) is 7.64. The topological polar surface area (TPSA) is 18.5 Å². The molecule has 2 nitrogen and oxygen atoms in total. The molecule has 2 heteroatoms. The molecular formula is C17H24O2. The van der Waals surface area contributed by atoms with Crippen molar-refractivity contribution in [1.29, 1.82) is 0 Å². The molecule has 1 aromatic carbocycles. The molecule has 1 saturated heterocycles. The van der Waals surface area contributed by atoms with Gasteiger partial charge in [0.05, 0.1) is 25.4 Å². The van der Waals surface area contributed by atoms with Gasteiger partial charge in [0.1, 0.15) is 0 Å². The Balaban J connectivity index is 1.69. The summed E-state index contributed by atoms with van der Waals surface area (Å²) in [5.41, 5.74) is 2.83. The Morgan fingerprint density at radius 3 is 2.79 bits per heavy atom. The van der Waals surface area contributed by atoms with Crippen LogP contribution in [0.1, 0.15) is 50.2 Å². The number of benzene rings is 1. The fourth-order valence-corrected chi connectivity index (χ4v) is 3.45. The van der Waals surface area contributed by atoms with Gasteiger partial charge in [0.25, 0.3) is 0 Å². The van der Waals surface area contributed by atoms with Crippen LogP contribution < -0.4 is 0 Å². The van der Waals surface area contributed by atoms with E-state index >= 15 is 0 Å². The summed E-state index contributed by atoms with van der Waals surface area (Å²) in [6.07, 6.45) is 6.03. The highest BCUT2D eigenvalue weighted by molar-refractivity contribution is 5.35. The van der Waals surface area contributed by atoms with Gasteiger partial charge < -0.3 is 9.47 Å². The normalized spacial score (nSPS) is 26.2. The van der Waals surface area contributed by atoms with Gasteiger partial charge in [0, 0.05) is 5.92 Å². The van der Waals surface area contributed by atoms with Crippen molar-refractivity contribution in [2.45, 2.75) is 51.2 Å². The van der Waals surface area contributed by atoms with Crippen LogP contribution in [0.25, 0.3) is 0 Å². The van der Waals surface area contributed by atoms with E-state index in [2.05, 4.69) is 31.2 Å². The quantitative estimate of drug-likeness (QED) is 0.769. The largest absolute Gasteiger partial charge is 0.381 e. The van der Waals surface area contributed by atoms with E-state index in [-0.39, 0.29) is 5.60 Å². The first-order valence-corrected chi connectivity index (χ1v) is 7.64. The van der Waals surface area contributed by atoms with Gasteiger partial charge in [0.2, 0.25) is 0 Å². The molecule has 104 valence electrons. The van der Waals surface area contributed by atoms with E-state index in [9.17, 15) is 0 Å². The summed E-state index contributed by atoms with van der Waals surface area (Å²) in [5.74, 6) is 0.801. The predicted molar refractivity (Wildman–Crippen MR) is 76.0 cm³/mol. The summed E-state index contributed by atoms with van der Waals surface area (Å²) >= 11 is 0. The van der Waals surface area contributed by atoms with E-state index < -0.39 is 0 Å². The molecule has 0 amide bonds. The lowest BCUT2D eigenvalue weighted by Crippen LogP contribution is -2.29. The Bertz CT molecular complexity index is 421. The van der Waals surface area contributed by atoms with Crippen LogP contribution in [0.5, 0.6) is 0 Å². The molecule has 0 aliphatic carbocycles. The summed E-state index contributed by atoms with van der Waals surface area (Å²) in [5, 5.41) is 0. The summed E-state index contributed by atoms with van der Waals surface area (Å²) in [6, 6.07) is 8.75. The summed E-state index contributed by atoms with van der Waals surface area (Å²) in [6.45, 7) is 4.99. The van der Waals surface area contributed by atoms with Gasteiger partial charge in [-0.25, -0.2) is 0 Å². The number of hydrogen-bond donors (Lipinski definition) is 0. The smallest absolute Gasteiger partial charge is 0.0939 e. The van der Waals surface area contributed by atoms with E-state index in [1.807, 2.05) is 0 Å². The Hall–Kier alpha value is -0.860. The molecule has 1 atom stereocenters. The zero-order valence-electron chi connectivity index (χ0n) is 11.9. The molecule has 0 radical (unpaired) electrons. The van der Waals surface area contributed by atoms with Crippen LogP contribution in [0.4, 0.5) is 0 Å². The first-order chi connectivity index (χ1) is 9.34. The molecule has 2 aliphatic heterocycles. The van der Waals surface area contributed by atoms with Crippen LogP contribution in [0.3, 0.4) is 0 Å². The lowest BCUT2D eigenvalue weighted by atomic mass is 9.83. The van der Waals surface area contributed by atoms with Crippen molar-refractivity contribution in [2.24, 2.45) is 5.92 Å². The molecule has 0 spiro atoms. The lowest BCUT2D eigenvalue weighted by Gasteiger charge is -2.31. The molecule has 1 fully saturated rings. The predicted octanol–water partition coefficient (Wildman–Crippen LogP) is 4.03. The van der Waals surface area contributed by atoms with Crippen LogP contribution in [0.2, 0.25) is 0 Å². The fourth-order valence-electron chi connectivity index (χ4n) is 3.45. The van der Waals surface area contributed by atoms with Gasteiger partial charge in [-0.1, -0.05) is 37.6 Å². The van der Waals surface area contributed by atoms with Crippen molar-refractivity contribution >= 4 is 0 Å². The lowest BCUT2D eigenvalue weighted by molar-refractivity contribution is -0.0630. The minimum Gasteiger partial charge on any atom is -0.381 e. The minimum atomic E-state index is -0.00402. The first kappa shape index (κ1) is 13.1. The second-order valence-corrected chi connectivity index (χ2v) is 5.99. The number of hydrogen-bond acceptors (Lipinski definition) is 2. The molecule has 0 saturated carbocycles.